The van der Waals surface area contributed by atoms with Gasteiger partial charge in [0.05, 0.1) is 7.11 Å². The molecule has 0 bridgehead atoms. The van der Waals surface area contributed by atoms with Crippen molar-refractivity contribution in [3.8, 4) is 5.75 Å². The molecule has 0 heterocycles. The van der Waals surface area contributed by atoms with Crippen LogP contribution >= 0.6 is 0 Å². The smallest absolute Gasteiger partial charge is 0.118 e. The fourth-order valence-corrected chi connectivity index (χ4v) is 1.30. The number of ether oxygens (including phenoxy) is 1. The van der Waals surface area contributed by atoms with Gasteiger partial charge in [-0.2, -0.15) is 0 Å². The zero-order valence-electron chi connectivity index (χ0n) is 9.37. The fourth-order valence-electron chi connectivity index (χ4n) is 1.30. The first-order valence-corrected chi connectivity index (χ1v) is 4.76. The molecule has 0 radical (unpaired) electrons. The lowest BCUT2D eigenvalue weighted by atomic mass is 9.89. The zero-order valence-corrected chi connectivity index (χ0v) is 9.37. The summed E-state index contributed by atoms with van der Waals surface area (Å²) in [6, 6.07) is 7.31. The van der Waals surface area contributed by atoms with Gasteiger partial charge in [0.2, 0.25) is 0 Å². The monoisotopic (exact) mass is 204 g/mol. The van der Waals surface area contributed by atoms with Crippen LogP contribution in [0.2, 0.25) is 0 Å². The summed E-state index contributed by atoms with van der Waals surface area (Å²) in [5.41, 5.74) is 3.20. The highest BCUT2D eigenvalue weighted by atomic mass is 16.5. The Morgan fingerprint density at radius 1 is 1.40 bits per heavy atom. The first kappa shape index (κ1) is 11.6. The van der Waals surface area contributed by atoms with E-state index in [4.69, 9.17) is 4.74 Å². The lowest BCUT2D eigenvalue weighted by Crippen LogP contribution is -2.22. The summed E-state index contributed by atoms with van der Waals surface area (Å²) in [5, 5.41) is 10.2. The second-order valence-corrected chi connectivity index (χ2v) is 3.60. The van der Waals surface area contributed by atoms with Crippen LogP contribution in [0.15, 0.2) is 42.1 Å². The SMILES string of the molecule is C=C=C(C)C(C)(O)c1ccc(OC)cc1. The van der Waals surface area contributed by atoms with Crippen molar-refractivity contribution in [1.29, 1.82) is 0 Å². The predicted molar refractivity (Wildman–Crippen MR) is 60.9 cm³/mol. The molecule has 0 aliphatic heterocycles. The van der Waals surface area contributed by atoms with E-state index in [2.05, 4.69) is 12.3 Å². The highest BCUT2D eigenvalue weighted by Gasteiger charge is 2.24. The zero-order chi connectivity index (χ0) is 11.5. The maximum Gasteiger partial charge on any atom is 0.118 e. The molecule has 1 rings (SSSR count). The van der Waals surface area contributed by atoms with Crippen LogP contribution < -0.4 is 4.74 Å². The maximum absolute atomic E-state index is 10.2. The van der Waals surface area contributed by atoms with Gasteiger partial charge in [-0.05, 0) is 31.5 Å². The first-order chi connectivity index (χ1) is 7.02. The molecule has 0 saturated heterocycles. The van der Waals surface area contributed by atoms with Crippen molar-refractivity contribution < 1.29 is 9.84 Å². The lowest BCUT2D eigenvalue weighted by molar-refractivity contribution is 0.0978. The van der Waals surface area contributed by atoms with Crippen molar-refractivity contribution in [2.45, 2.75) is 19.4 Å². The molecule has 1 unspecified atom stereocenters. The van der Waals surface area contributed by atoms with Crippen molar-refractivity contribution in [1.82, 2.24) is 0 Å². The molecule has 0 spiro atoms. The van der Waals surface area contributed by atoms with E-state index in [0.717, 1.165) is 11.3 Å². The summed E-state index contributed by atoms with van der Waals surface area (Å²) in [7, 11) is 1.61. The highest BCUT2D eigenvalue weighted by Crippen LogP contribution is 2.29. The molecule has 1 aromatic carbocycles. The van der Waals surface area contributed by atoms with Gasteiger partial charge in [-0.1, -0.05) is 18.7 Å². The maximum atomic E-state index is 10.2. The number of rotatable bonds is 3. The van der Waals surface area contributed by atoms with Gasteiger partial charge in [-0.3, -0.25) is 0 Å². The molecule has 0 aromatic heterocycles. The highest BCUT2D eigenvalue weighted by molar-refractivity contribution is 5.35. The molecule has 0 aliphatic rings. The Kier molecular flexibility index (Phi) is 3.35. The average molecular weight is 204 g/mol. The molecule has 80 valence electrons. The van der Waals surface area contributed by atoms with Gasteiger partial charge in [0, 0.05) is 5.57 Å². The Balaban J connectivity index is 3.11. The largest absolute Gasteiger partial charge is 0.497 e. The van der Waals surface area contributed by atoms with E-state index in [1.807, 2.05) is 24.3 Å². The molecule has 0 aliphatic carbocycles. The van der Waals surface area contributed by atoms with E-state index in [1.165, 1.54) is 0 Å². The third-order valence-corrected chi connectivity index (χ3v) is 2.65. The third-order valence-electron chi connectivity index (χ3n) is 2.65. The fraction of sp³-hybridized carbons (Fsp3) is 0.308. The van der Waals surface area contributed by atoms with Gasteiger partial charge in [0.25, 0.3) is 0 Å². The molecule has 15 heavy (non-hydrogen) atoms. The van der Waals surface area contributed by atoms with Crippen LogP contribution in [-0.2, 0) is 5.60 Å². The number of methoxy groups -OCH3 is 1. The van der Waals surface area contributed by atoms with E-state index in [-0.39, 0.29) is 0 Å². The Morgan fingerprint density at radius 2 is 1.93 bits per heavy atom. The third kappa shape index (κ3) is 2.30. The van der Waals surface area contributed by atoms with Crippen molar-refractivity contribution >= 4 is 0 Å². The second kappa shape index (κ2) is 4.35. The minimum Gasteiger partial charge on any atom is -0.497 e. The van der Waals surface area contributed by atoms with Crippen LogP contribution in [0.25, 0.3) is 0 Å². The van der Waals surface area contributed by atoms with E-state index in [0.29, 0.717) is 5.57 Å². The van der Waals surface area contributed by atoms with Gasteiger partial charge < -0.3 is 9.84 Å². The van der Waals surface area contributed by atoms with Crippen molar-refractivity contribution in [2.75, 3.05) is 7.11 Å². The van der Waals surface area contributed by atoms with Crippen LogP contribution in [0.1, 0.15) is 19.4 Å². The molecule has 1 aromatic rings. The number of benzene rings is 1. The van der Waals surface area contributed by atoms with Crippen molar-refractivity contribution in [3.63, 3.8) is 0 Å². The minimum absolute atomic E-state index is 0.702. The Hall–Kier alpha value is -1.50. The van der Waals surface area contributed by atoms with Crippen LogP contribution in [0.5, 0.6) is 5.75 Å². The topological polar surface area (TPSA) is 29.5 Å². The molecule has 1 atom stereocenters. The van der Waals surface area contributed by atoms with E-state index < -0.39 is 5.60 Å². The Morgan fingerprint density at radius 3 is 2.33 bits per heavy atom. The normalized spacial score (nSPS) is 13.9. The van der Waals surface area contributed by atoms with Crippen molar-refractivity contribution in [3.05, 3.63) is 47.7 Å². The van der Waals surface area contributed by atoms with Crippen LogP contribution in [0, 0.1) is 0 Å². The molecular weight excluding hydrogens is 188 g/mol. The molecular formula is C13H16O2. The standard InChI is InChI=1S/C13H16O2/c1-5-10(2)13(3,14)11-6-8-12(15-4)9-7-11/h6-9,14H,1H2,2-4H3. The number of hydrogen-bond acceptors (Lipinski definition) is 2. The Bertz CT molecular complexity index is 382. The summed E-state index contributed by atoms with van der Waals surface area (Å²) in [4.78, 5) is 0. The molecule has 2 nitrogen and oxygen atoms in total. The quantitative estimate of drug-likeness (QED) is 0.767. The summed E-state index contributed by atoms with van der Waals surface area (Å²) in [6.45, 7) is 7.07. The van der Waals surface area contributed by atoms with Gasteiger partial charge >= 0.3 is 0 Å². The van der Waals surface area contributed by atoms with E-state index >= 15 is 0 Å². The summed E-state index contributed by atoms with van der Waals surface area (Å²) >= 11 is 0. The minimum atomic E-state index is -1.02. The van der Waals surface area contributed by atoms with Gasteiger partial charge in [0.1, 0.15) is 11.4 Å². The molecule has 0 saturated carbocycles. The van der Waals surface area contributed by atoms with Gasteiger partial charge in [-0.15, -0.1) is 5.73 Å². The average Bonchev–Trinajstić information content (AvgIpc) is 2.28. The molecule has 2 heteroatoms. The molecule has 1 N–H and O–H groups in total. The van der Waals surface area contributed by atoms with Crippen LogP contribution in [0.3, 0.4) is 0 Å². The first-order valence-electron chi connectivity index (χ1n) is 4.76. The lowest BCUT2D eigenvalue weighted by Gasteiger charge is -2.23. The summed E-state index contributed by atoms with van der Waals surface area (Å²) < 4.78 is 5.05. The van der Waals surface area contributed by atoms with E-state index in [9.17, 15) is 5.11 Å². The molecule has 0 fully saturated rings. The molecule has 0 amide bonds. The number of aliphatic hydroxyl groups is 1. The van der Waals surface area contributed by atoms with Gasteiger partial charge in [0.15, 0.2) is 0 Å². The van der Waals surface area contributed by atoms with Crippen LogP contribution in [-0.4, -0.2) is 12.2 Å². The predicted octanol–water partition coefficient (Wildman–Crippen LogP) is 2.63. The van der Waals surface area contributed by atoms with Gasteiger partial charge in [-0.25, -0.2) is 0 Å². The van der Waals surface area contributed by atoms with Crippen LogP contribution in [0.4, 0.5) is 0 Å². The van der Waals surface area contributed by atoms with E-state index in [1.54, 1.807) is 21.0 Å². The number of hydrogen-bond donors (Lipinski definition) is 1. The second-order valence-electron chi connectivity index (χ2n) is 3.60. The van der Waals surface area contributed by atoms with Crippen molar-refractivity contribution in [2.24, 2.45) is 0 Å². The summed E-state index contributed by atoms with van der Waals surface area (Å²) in [6.07, 6.45) is 0. The Labute approximate surface area is 90.5 Å². The summed E-state index contributed by atoms with van der Waals surface area (Å²) in [5.74, 6) is 0.773.